The maximum Gasteiger partial charge on any atom is 0.0737 e. The van der Waals surface area contributed by atoms with Crippen molar-refractivity contribution in [2.75, 3.05) is 18.4 Å². The first-order valence-electron chi connectivity index (χ1n) is 10.8. The number of hydrogen-bond donors (Lipinski definition) is 1. The van der Waals surface area contributed by atoms with Crippen LogP contribution < -0.4 is 5.32 Å². The van der Waals surface area contributed by atoms with Gasteiger partial charge >= 0.3 is 0 Å². The highest BCUT2D eigenvalue weighted by Gasteiger charge is 2.25. The highest BCUT2D eigenvalue weighted by molar-refractivity contribution is 6.31. The summed E-state index contributed by atoms with van der Waals surface area (Å²) in [7, 11) is 0. The van der Waals surface area contributed by atoms with Gasteiger partial charge in [0.25, 0.3) is 0 Å². The third-order valence-electron chi connectivity index (χ3n) is 5.88. The lowest BCUT2D eigenvalue weighted by molar-refractivity contribution is 0.148. The van der Waals surface area contributed by atoms with Crippen molar-refractivity contribution in [2.24, 2.45) is 0 Å². The summed E-state index contributed by atoms with van der Waals surface area (Å²) < 4.78 is 0. The van der Waals surface area contributed by atoms with E-state index < -0.39 is 0 Å². The molecule has 0 unspecified atom stereocenters. The van der Waals surface area contributed by atoms with Crippen LogP contribution in [0.15, 0.2) is 30.5 Å². The minimum atomic E-state index is 0.557. The number of unbranched alkanes of at least 4 members (excludes halogenated alkanes) is 2. The van der Waals surface area contributed by atoms with E-state index in [9.17, 15) is 0 Å². The Bertz CT molecular complexity index is 702. The molecule has 0 saturated heterocycles. The van der Waals surface area contributed by atoms with E-state index in [2.05, 4.69) is 41.2 Å². The van der Waals surface area contributed by atoms with Crippen molar-refractivity contribution >= 4 is 28.2 Å². The molecule has 1 aliphatic rings. The van der Waals surface area contributed by atoms with E-state index in [0.29, 0.717) is 6.04 Å². The molecule has 1 fully saturated rings. The van der Waals surface area contributed by atoms with E-state index >= 15 is 0 Å². The van der Waals surface area contributed by atoms with Crippen LogP contribution in [0.5, 0.6) is 0 Å². The van der Waals surface area contributed by atoms with E-state index in [1.807, 2.05) is 18.3 Å². The third-order valence-corrected chi connectivity index (χ3v) is 6.11. The Morgan fingerprint density at radius 2 is 1.74 bits per heavy atom. The van der Waals surface area contributed by atoms with Gasteiger partial charge in [-0.25, -0.2) is 0 Å². The van der Waals surface area contributed by atoms with Gasteiger partial charge in [0.1, 0.15) is 0 Å². The Morgan fingerprint density at radius 1 is 1.04 bits per heavy atom. The molecule has 0 aliphatic heterocycles. The van der Waals surface area contributed by atoms with Crippen molar-refractivity contribution in [1.82, 2.24) is 9.88 Å². The topological polar surface area (TPSA) is 28.2 Å². The maximum absolute atomic E-state index is 6.12. The van der Waals surface area contributed by atoms with Crippen LogP contribution in [-0.4, -0.2) is 35.1 Å². The Kier molecular flexibility index (Phi) is 7.78. The molecule has 0 atom stereocenters. The van der Waals surface area contributed by atoms with Crippen molar-refractivity contribution in [2.45, 2.75) is 77.3 Å². The van der Waals surface area contributed by atoms with Gasteiger partial charge in [0.2, 0.25) is 0 Å². The second-order valence-corrected chi connectivity index (χ2v) is 8.35. The molecule has 0 amide bonds. The number of fused-ring (bicyclic) bond motifs is 1. The lowest BCUT2D eigenvalue weighted by Crippen LogP contribution is -2.41. The van der Waals surface area contributed by atoms with E-state index in [1.54, 1.807) is 0 Å². The first-order chi connectivity index (χ1) is 13.2. The number of anilines is 1. The molecular formula is C23H34ClN3. The number of nitrogens with one attached hydrogen (secondary N) is 1. The van der Waals surface area contributed by atoms with E-state index in [1.165, 1.54) is 70.1 Å². The van der Waals surface area contributed by atoms with Crippen LogP contribution in [0.2, 0.25) is 5.02 Å². The summed E-state index contributed by atoms with van der Waals surface area (Å²) in [5, 5.41) is 5.69. The molecule has 1 saturated carbocycles. The van der Waals surface area contributed by atoms with Crippen molar-refractivity contribution in [3.63, 3.8) is 0 Å². The van der Waals surface area contributed by atoms with Gasteiger partial charge in [0, 0.05) is 34.4 Å². The van der Waals surface area contributed by atoms with E-state index in [-0.39, 0.29) is 0 Å². The highest BCUT2D eigenvalue weighted by Crippen LogP contribution is 2.29. The van der Waals surface area contributed by atoms with Crippen LogP contribution in [0.4, 0.5) is 5.69 Å². The fourth-order valence-electron chi connectivity index (χ4n) is 4.25. The van der Waals surface area contributed by atoms with Gasteiger partial charge in [-0.05, 0) is 75.9 Å². The first-order valence-corrected chi connectivity index (χ1v) is 11.1. The number of rotatable bonds is 9. The molecule has 1 aromatic carbocycles. The smallest absolute Gasteiger partial charge is 0.0737 e. The summed E-state index contributed by atoms with van der Waals surface area (Å²) in [4.78, 5) is 7.23. The van der Waals surface area contributed by atoms with Crippen LogP contribution >= 0.6 is 11.6 Å². The average Bonchev–Trinajstić information content (AvgIpc) is 2.69. The zero-order chi connectivity index (χ0) is 19.1. The molecule has 3 rings (SSSR count). The average molecular weight is 388 g/mol. The van der Waals surface area contributed by atoms with Gasteiger partial charge < -0.3 is 10.2 Å². The molecule has 1 aliphatic carbocycles. The summed E-state index contributed by atoms with van der Waals surface area (Å²) in [6.45, 7) is 7.14. The minimum absolute atomic E-state index is 0.557. The normalized spacial score (nSPS) is 20.3. The van der Waals surface area contributed by atoms with Crippen LogP contribution in [0.1, 0.15) is 65.2 Å². The minimum Gasteiger partial charge on any atom is -0.382 e. The molecule has 1 aromatic heterocycles. The highest BCUT2D eigenvalue weighted by atomic mass is 35.5. The maximum atomic E-state index is 6.12. The summed E-state index contributed by atoms with van der Waals surface area (Å²) in [6, 6.07) is 9.40. The molecule has 0 spiro atoms. The Morgan fingerprint density at radius 3 is 2.41 bits per heavy atom. The van der Waals surface area contributed by atoms with Crippen molar-refractivity contribution in [1.29, 1.82) is 0 Å². The number of hydrogen-bond acceptors (Lipinski definition) is 3. The van der Waals surface area contributed by atoms with E-state index in [0.717, 1.165) is 22.0 Å². The van der Waals surface area contributed by atoms with Crippen molar-refractivity contribution < 1.29 is 0 Å². The van der Waals surface area contributed by atoms with E-state index in [4.69, 9.17) is 11.6 Å². The molecule has 148 valence electrons. The van der Waals surface area contributed by atoms with Crippen LogP contribution in [0.3, 0.4) is 0 Å². The Hall–Kier alpha value is -1.32. The molecule has 0 radical (unpaired) electrons. The second-order valence-electron chi connectivity index (χ2n) is 7.91. The van der Waals surface area contributed by atoms with Gasteiger partial charge in [-0.3, -0.25) is 4.98 Å². The van der Waals surface area contributed by atoms with Gasteiger partial charge in [-0.1, -0.05) is 38.3 Å². The molecule has 2 aromatic rings. The lowest BCUT2D eigenvalue weighted by Gasteiger charge is -2.37. The summed E-state index contributed by atoms with van der Waals surface area (Å²) >= 11 is 6.12. The summed E-state index contributed by atoms with van der Waals surface area (Å²) in [6.07, 6.45) is 12.2. The molecular weight excluding hydrogens is 354 g/mol. The van der Waals surface area contributed by atoms with Gasteiger partial charge in [-0.2, -0.15) is 0 Å². The van der Waals surface area contributed by atoms with Gasteiger partial charge in [0.05, 0.1) is 5.52 Å². The molecule has 4 heteroatoms. The van der Waals surface area contributed by atoms with Crippen molar-refractivity contribution in [3.8, 4) is 0 Å². The van der Waals surface area contributed by atoms with Crippen molar-refractivity contribution in [3.05, 3.63) is 35.5 Å². The largest absolute Gasteiger partial charge is 0.382 e. The number of nitrogens with zero attached hydrogens (tertiary/aromatic N) is 2. The molecule has 27 heavy (non-hydrogen) atoms. The Balaban J connectivity index is 1.59. The zero-order valence-electron chi connectivity index (χ0n) is 16.9. The summed E-state index contributed by atoms with van der Waals surface area (Å²) in [5.74, 6) is 0. The zero-order valence-corrected chi connectivity index (χ0v) is 17.6. The molecule has 1 N–H and O–H groups in total. The Labute approximate surface area is 169 Å². The number of aromatic nitrogens is 1. The first kappa shape index (κ1) is 20.4. The fraction of sp³-hybridized carbons (Fsp3) is 0.609. The van der Waals surface area contributed by atoms with Crippen LogP contribution in [0.25, 0.3) is 10.9 Å². The molecule has 0 bridgehead atoms. The fourth-order valence-corrected chi connectivity index (χ4v) is 4.42. The van der Waals surface area contributed by atoms with Crippen LogP contribution in [0, 0.1) is 0 Å². The quantitative estimate of drug-likeness (QED) is 0.531. The predicted molar refractivity (Wildman–Crippen MR) is 118 cm³/mol. The number of benzene rings is 1. The lowest BCUT2D eigenvalue weighted by atomic mass is 9.89. The second kappa shape index (κ2) is 10.3. The molecule has 1 heterocycles. The van der Waals surface area contributed by atoms with Gasteiger partial charge in [-0.15, -0.1) is 0 Å². The van der Waals surface area contributed by atoms with Gasteiger partial charge in [0.15, 0.2) is 0 Å². The summed E-state index contributed by atoms with van der Waals surface area (Å²) in [5.41, 5.74) is 2.15. The number of pyridine rings is 1. The third kappa shape index (κ3) is 5.58. The monoisotopic (exact) mass is 387 g/mol. The SMILES string of the molecule is CCCCN(CCCC)C1CCC(Nc2ccnc3cc(Cl)ccc23)CC1. The number of halogens is 1. The van der Waals surface area contributed by atoms with Crippen LogP contribution in [-0.2, 0) is 0 Å². The molecule has 3 nitrogen and oxygen atoms in total. The standard InChI is InChI=1S/C23H34ClN3/c1-3-5-15-27(16-6-4-2)20-10-8-19(9-11-20)26-22-13-14-25-23-17-18(24)7-12-21(22)23/h7,12-14,17,19-20H,3-6,8-11,15-16H2,1-2H3,(H,25,26). The predicted octanol–water partition coefficient (Wildman–Crippen LogP) is 6.51.